The van der Waals surface area contributed by atoms with E-state index in [1.54, 1.807) is 13.3 Å². The van der Waals surface area contributed by atoms with Crippen molar-refractivity contribution < 1.29 is 4.74 Å². The van der Waals surface area contributed by atoms with Gasteiger partial charge in [-0.25, -0.2) is 0 Å². The second kappa shape index (κ2) is 6.62. The molecule has 1 fully saturated rings. The van der Waals surface area contributed by atoms with E-state index >= 15 is 0 Å². The molecule has 1 aliphatic rings. The third-order valence-corrected chi connectivity index (χ3v) is 4.33. The minimum atomic E-state index is -0.134. The molecule has 0 amide bonds. The second-order valence-corrected chi connectivity index (χ2v) is 6.27. The summed E-state index contributed by atoms with van der Waals surface area (Å²) >= 11 is 3.44. The highest BCUT2D eigenvalue weighted by molar-refractivity contribution is 9.10. The molecule has 0 aliphatic carbocycles. The summed E-state index contributed by atoms with van der Waals surface area (Å²) in [7, 11) is 1.67. The highest BCUT2D eigenvalue weighted by atomic mass is 79.9. The van der Waals surface area contributed by atoms with Gasteiger partial charge < -0.3 is 15.0 Å². The van der Waals surface area contributed by atoms with Crippen LogP contribution in [-0.2, 0) is 4.74 Å². The summed E-state index contributed by atoms with van der Waals surface area (Å²) in [5.74, 6) is 0. The lowest BCUT2D eigenvalue weighted by atomic mass is 10.1. The Morgan fingerprint density at radius 1 is 1.41 bits per heavy atom. The maximum absolute atomic E-state index is 12.4. The maximum atomic E-state index is 12.4. The lowest BCUT2D eigenvalue weighted by Crippen LogP contribution is -2.29. The van der Waals surface area contributed by atoms with E-state index in [9.17, 15) is 4.79 Å². The fourth-order valence-corrected chi connectivity index (χ4v) is 3.10. The van der Waals surface area contributed by atoms with Gasteiger partial charge in [0.05, 0.1) is 16.8 Å². The molecule has 0 spiro atoms. The standard InChI is InChI=1S/C16H18BrN3O2/c1-18-9-13-15(19-11-4-6-22-7-5-11)12-3-2-10(17)8-14(12)20-16(13)21/h2-3,8-9,11H,4-7H2,1H3,(H2,19,20,21). The van der Waals surface area contributed by atoms with Crippen molar-refractivity contribution in [2.45, 2.75) is 18.9 Å². The molecule has 2 aromatic rings. The molecule has 0 radical (unpaired) electrons. The van der Waals surface area contributed by atoms with Gasteiger partial charge in [0.15, 0.2) is 0 Å². The first kappa shape index (κ1) is 15.2. The molecule has 0 atom stereocenters. The van der Waals surface area contributed by atoms with Crippen molar-refractivity contribution in [2.75, 3.05) is 25.6 Å². The number of pyridine rings is 1. The molecule has 1 aromatic heterocycles. The summed E-state index contributed by atoms with van der Waals surface area (Å²) in [6.07, 6.45) is 3.49. The number of aromatic amines is 1. The highest BCUT2D eigenvalue weighted by Gasteiger charge is 2.18. The van der Waals surface area contributed by atoms with Crippen LogP contribution in [0.2, 0.25) is 0 Å². The minimum Gasteiger partial charge on any atom is -0.381 e. The summed E-state index contributed by atoms with van der Waals surface area (Å²) in [6.45, 7) is 1.50. The number of hydrogen-bond acceptors (Lipinski definition) is 4. The molecule has 0 bridgehead atoms. The van der Waals surface area contributed by atoms with Gasteiger partial charge in [0.1, 0.15) is 0 Å². The van der Waals surface area contributed by atoms with Crippen LogP contribution in [-0.4, -0.2) is 37.5 Å². The average Bonchev–Trinajstić information content (AvgIpc) is 2.51. The van der Waals surface area contributed by atoms with Gasteiger partial charge in [-0.2, -0.15) is 0 Å². The molecular weight excluding hydrogens is 346 g/mol. The summed E-state index contributed by atoms with van der Waals surface area (Å²) < 4.78 is 6.34. The van der Waals surface area contributed by atoms with Crippen LogP contribution in [0.3, 0.4) is 0 Å². The molecule has 22 heavy (non-hydrogen) atoms. The lowest BCUT2D eigenvalue weighted by Gasteiger charge is -2.25. The zero-order valence-electron chi connectivity index (χ0n) is 12.4. The number of ether oxygens (including phenoxy) is 1. The SMILES string of the molecule is CN=Cc1c(NC2CCOCC2)c2ccc(Br)cc2[nH]c1=O. The Morgan fingerprint density at radius 3 is 2.91 bits per heavy atom. The third-order valence-electron chi connectivity index (χ3n) is 3.84. The maximum Gasteiger partial charge on any atom is 0.259 e. The molecular formula is C16H18BrN3O2. The molecule has 6 heteroatoms. The van der Waals surface area contributed by atoms with E-state index in [-0.39, 0.29) is 5.56 Å². The number of nitrogens with one attached hydrogen (secondary N) is 2. The Kier molecular flexibility index (Phi) is 4.59. The van der Waals surface area contributed by atoms with Gasteiger partial charge in [0.2, 0.25) is 0 Å². The van der Waals surface area contributed by atoms with Gasteiger partial charge in [-0.15, -0.1) is 0 Å². The Morgan fingerprint density at radius 2 is 2.18 bits per heavy atom. The Balaban J connectivity index is 2.14. The van der Waals surface area contributed by atoms with Crippen molar-refractivity contribution in [3.05, 3.63) is 38.6 Å². The fraction of sp³-hybridized carbons (Fsp3) is 0.375. The number of H-pyrrole nitrogens is 1. The number of anilines is 1. The van der Waals surface area contributed by atoms with Crippen molar-refractivity contribution in [3.63, 3.8) is 0 Å². The number of benzene rings is 1. The quantitative estimate of drug-likeness (QED) is 0.823. The van der Waals surface area contributed by atoms with Crippen LogP contribution in [0.15, 0.2) is 32.5 Å². The van der Waals surface area contributed by atoms with E-state index < -0.39 is 0 Å². The molecule has 2 N–H and O–H groups in total. The molecule has 2 heterocycles. The number of aromatic nitrogens is 1. The van der Waals surface area contributed by atoms with E-state index in [0.717, 1.165) is 47.1 Å². The largest absolute Gasteiger partial charge is 0.381 e. The van der Waals surface area contributed by atoms with Crippen LogP contribution in [0.5, 0.6) is 0 Å². The zero-order valence-corrected chi connectivity index (χ0v) is 13.9. The fourth-order valence-electron chi connectivity index (χ4n) is 2.74. The van der Waals surface area contributed by atoms with Crippen LogP contribution in [0.25, 0.3) is 10.9 Å². The lowest BCUT2D eigenvalue weighted by molar-refractivity contribution is 0.0905. The first-order valence-corrected chi connectivity index (χ1v) is 8.10. The van der Waals surface area contributed by atoms with Gasteiger partial charge in [0.25, 0.3) is 5.56 Å². The first-order valence-electron chi connectivity index (χ1n) is 7.31. The van der Waals surface area contributed by atoms with Gasteiger partial charge in [-0.1, -0.05) is 15.9 Å². The first-order chi connectivity index (χ1) is 10.7. The topological polar surface area (TPSA) is 66.5 Å². The van der Waals surface area contributed by atoms with Crippen molar-refractivity contribution in [2.24, 2.45) is 4.99 Å². The van der Waals surface area contributed by atoms with E-state index in [0.29, 0.717) is 11.6 Å². The van der Waals surface area contributed by atoms with Crippen LogP contribution in [0.1, 0.15) is 18.4 Å². The average molecular weight is 364 g/mol. The summed E-state index contributed by atoms with van der Waals surface area (Å²) in [6, 6.07) is 6.21. The molecule has 116 valence electrons. The zero-order chi connectivity index (χ0) is 15.5. The molecule has 0 unspecified atom stereocenters. The third kappa shape index (κ3) is 3.08. The van der Waals surface area contributed by atoms with E-state index in [4.69, 9.17) is 4.74 Å². The number of halogens is 1. The number of hydrogen-bond donors (Lipinski definition) is 2. The highest BCUT2D eigenvalue weighted by Crippen LogP contribution is 2.27. The van der Waals surface area contributed by atoms with Gasteiger partial charge in [-0.3, -0.25) is 9.79 Å². The van der Waals surface area contributed by atoms with Gasteiger partial charge in [-0.05, 0) is 31.0 Å². The number of fused-ring (bicyclic) bond motifs is 1. The molecule has 1 aliphatic heterocycles. The van der Waals surface area contributed by atoms with Crippen LogP contribution in [0, 0.1) is 0 Å². The van der Waals surface area contributed by atoms with Crippen molar-refractivity contribution in [1.82, 2.24) is 4.98 Å². The Labute approximate surface area is 136 Å². The van der Waals surface area contributed by atoms with Crippen LogP contribution < -0.4 is 10.9 Å². The summed E-state index contributed by atoms with van der Waals surface area (Å²) in [5.41, 5.74) is 2.10. The Hall–Kier alpha value is -1.66. The van der Waals surface area contributed by atoms with Crippen molar-refractivity contribution >= 4 is 38.7 Å². The molecule has 3 rings (SSSR count). The molecule has 1 saturated heterocycles. The molecule has 0 saturated carbocycles. The van der Waals surface area contributed by atoms with Gasteiger partial charge in [0, 0.05) is 42.4 Å². The van der Waals surface area contributed by atoms with E-state index in [2.05, 4.69) is 31.2 Å². The van der Waals surface area contributed by atoms with Crippen molar-refractivity contribution in [1.29, 1.82) is 0 Å². The number of nitrogens with zero attached hydrogens (tertiary/aromatic N) is 1. The second-order valence-electron chi connectivity index (χ2n) is 5.35. The molecule has 1 aromatic carbocycles. The van der Waals surface area contributed by atoms with Gasteiger partial charge >= 0.3 is 0 Å². The minimum absolute atomic E-state index is 0.134. The van der Waals surface area contributed by atoms with E-state index in [1.807, 2.05) is 18.2 Å². The predicted molar refractivity (Wildman–Crippen MR) is 93.3 cm³/mol. The summed E-state index contributed by atoms with van der Waals surface area (Å²) in [4.78, 5) is 19.3. The van der Waals surface area contributed by atoms with Crippen LogP contribution in [0.4, 0.5) is 5.69 Å². The number of rotatable bonds is 3. The van der Waals surface area contributed by atoms with Crippen LogP contribution >= 0.6 is 15.9 Å². The number of aliphatic imine (C=N–C) groups is 1. The summed E-state index contributed by atoms with van der Waals surface area (Å²) in [5, 5.41) is 4.52. The Bertz CT molecular complexity index is 764. The van der Waals surface area contributed by atoms with Crippen molar-refractivity contribution in [3.8, 4) is 0 Å². The van der Waals surface area contributed by atoms with E-state index in [1.165, 1.54) is 0 Å². The monoisotopic (exact) mass is 363 g/mol. The predicted octanol–water partition coefficient (Wildman–Crippen LogP) is 2.93. The smallest absolute Gasteiger partial charge is 0.259 e. The normalized spacial score (nSPS) is 16.5. The molecule has 5 nitrogen and oxygen atoms in total.